The summed E-state index contributed by atoms with van der Waals surface area (Å²) in [5.74, 6) is 0.386. The maximum absolute atomic E-state index is 12.6. The number of nitrogens with zero attached hydrogens (tertiary/aromatic N) is 2. The number of benzene rings is 2. The lowest BCUT2D eigenvalue weighted by Crippen LogP contribution is -2.12. The van der Waals surface area contributed by atoms with Crippen molar-refractivity contribution in [2.45, 2.75) is 6.92 Å². The first-order valence-electron chi connectivity index (χ1n) is 8.99. The quantitative estimate of drug-likeness (QED) is 0.433. The molecule has 1 amide bonds. The molecule has 0 radical (unpaired) electrons. The lowest BCUT2D eigenvalue weighted by molar-refractivity contribution is 0.102. The zero-order chi connectivity index (χ0) is 20.2. The molecule has 144 valence electrons. The fourth-order valence-corrected chi connectivity index (χ4v) is 2.76. The molecule has 0 aliphatic carbocycles. The second-order valence-corrected chi connectivity index (χ2v) is 6.50. The highest BCUT2D eigenvalue weighted by atomic mass is 16.4. The SMILES string of the molecule is Cc1ccc(C(=O)Nc2ccc(N)cc2)cc1Nc1ncc(-c2cccnc2)o1. The van der Waals surface area contributed by atoms with Crippen molar-refractivity contribution in [3.05, 3.63) is 84.3 Å². The van der Waals surface area contributed by atoms with Crippen LogP contribution in [0.2, 0.25) is 0 Å². The minimum absolute atomic E-state index is 0.221. The van der Waals surface area contributed by atoms with Gasteiger partial charge in [-0.25, -0.2) is 4.98 Å². The lowest BCUT2D eigenvalue weighted by atomic mass is 10.1. The Labute approximate surface area is 167 Å². The number of rotatable bonds is 5. The van der Waals surface area contributed by atoms with E-state index < -0.39 is 0 Å². The number of hydrogen-bond donors (Lipinski definition) is 3. The molecule has 0 fully saturated rings. The van der Waals surface area contributed by atoms with Gasteiger partial charge in [-0.15, -0.1) is 0 Å². The summed E-state index contributed by atoms with van der Waals surface area (Å²) in [6, 6.07) is 16.4. The topological polar surface area (TPSA) is 106 Å². The van der Waals surface area contributed by atoms with E-state index in [4.69, 9.17) is 10.2 Å². The van der Waals surface area contributed by atoms with Gasteiger partial charge in [0.05, 0.1) is 6.20 Å². The van der Waals surface area contributed by atoms with Gasteiger partial charge >= 0.3 is 0 Å². The van der Waals surface area contributed by atoms with Crippen LogP contribution in [0.3, 0.4) is 0 Å². The maximum atomic E-state index is 12.6. The fraction of sp³-hybridized carbons (Fsp3) is 0.0455. The highest BCUT2D eigenvalue weighted by Gasteiger charge is 2.12. The zero-order valence-corrected chi connectivity index (χ0v) is 15.7. The van der Waals surface area contributed by atoms with Crippen molar-refractivity contribution in [3.8, 4) is 11.3 Å². The van der Waals surface area contributed by atoms with Crippen molar-refractivity contribution in [1.82, 2.24) is 9.97 Å². The lowest BCUT2D eigenvalue weighted by Gasteiger charge is -2.10. The molecule has 0 saturated carbocycles. The third-order valence-corrected chi connectivity index (χ3v) is 4.36. The standard InChI is InChI=1S/C22H19N5O2/c1-14-4-5-15(21(28)26-18-8-6-17(23)7-9-18)11-19(14)27-22-25-13-20(29-22)16-3-2-10-24-12-16/h2-13H,23H2,1H3,(H,25,27)(H,26,28). The van der Waals surface area contributed by atoms with Crippen molar-refractivity contribution >= 4 is 29.0 Å². The summed E-state index contributed by atoms with van der Waals surface area (Å²) in [5, 5.41) is 5.99. The van der Waals surface area contributed by atoms with Crippen LogP contribution in [0.1, 0.15) is 15.9 Å². The molecule has 0 unspecified atom stereocenters. The first kappa shape index (κ1) is 18.2. The first-order valence-corrected chi connectivity index (χ1v) is 8.99. The number of hydrogen-bond acceptors (Lipinski definition) is 6. The monoisotopic (exact) mass is 385 g/mol. The Morgan fingerprint density at radius 2 is 1.90 bits per heavy atom. The third kappa shape index (κ3) is 4.24. The van der Waals surface area contributed by atoms with E-state index in [0.717, 1.165) is 16.8 Å². The molecule has 4 N–H and O–H groups in total. The van der Waals surface area contributed by atoms with Crippen molar-refractivity contribution in [1.29, 1.82) is 0 Å². The molecule has 29 heavy (non-hydrogen) atoms. The van der Waals surface area contributed by atoms with Gasteiger partial charge in [0.2, 0.25) is 0 Å². The highest BCUT2D eigenvalue weighted by molar-refractivity contribution is 6.05. The minimum Gasteiger partial charge on any atom is -0.423 e. The Morgan fingerprint density at radius 3 is 2.66 bits per heavy atom. The molecule has 0 aliphatic rings. The Balaban J connectivity index is 1.52. The molecule has 7 nitrogen and oxygen atoms in total. The van der Waals surface area contributed by atoms with Crippen LogP contribution >= 0.6 is 0 Å². The Hall–Kier alpha value is -4.13. The van der Waals surface area contributed by atoms with E-state index in [2.05, 4.69) is 20.6 Å². The number of aromatic nitrogens is 2. The zero-order valence-electron chi connectivity index (χ0n) is 15.7. The van der Waals surface area contributed by atoms with E-state index in [1.54, 1.807) is 55.0 Å². The first-order chi connectivity index (χ1) is 14.1. The van der Waals surface area contributed by atoms with Gasteiger partial charge in [-0.1, -0.05) is 6.07 Å². The molecule has 0 spiro atoms. The van der Waals surface area contributed by atoms with E-state index in [0.29, 0.717) is 28.7 Å². The number of amides is 1. The van der Waals surface area contributed by atoms with Gasteiger partial charge in [0.25, 0.3) is 11.9 Å². The number of aryl methyl sites for hydroxylation is 1. The molecule has 4 aromatic rings. The number of nitrogen functional groups attached to an aromatic ring is 1. The van der Waals surface area contributed by atoms with Crippen LogP contribution in [-0.2, 0) is 0 Å². The molecule has 0 atom stereocenters. The van der Waals surface area contributed by atoms with E-state index >= 15 is 0 Å². The summed E-state index contributed by atoms with van der Waals surface area (Å²) in [5.41, 5.74) is 10.0. The van der Waals surface area contributed by atoms with Gasteiger partial charge in [-0.05, 0) is 61.0 Å². The van der Waals surface area contributed by atoms with Gasteiger partial charge < -0.3 is 20.8 Å². The van der Waals surface area contributed by atoms with Crippen molar-refractivity contribution < 1.29 is 9.21 Å². The largest absolute Gasteiger partial charge is 0.423 e. The molecule has 2 aromatic heterocycles. The smallest absolute Gasteiger partial charge is 0.299 e. The number of carbonyl (C=O) groups excluding carboxylic acids is 1. The molecule has 0 saturated heterocycles. The summed E-state index contributed by atoms with van der Waals surface area (Å²) in [7, 11) is 0. The number of nitrogens with two attached hydrogens (primary N) is 1. The van der Waals surface area contributed by atoms with Gasteiger partial charge in [0.1, 0.15) is 0 Å². The number of carbonyl (C=O) groups is 1. The van der Waals surface area contributed by atoms with E-state index in [-0.39, 0.29) is 5.91 Å². The predicted octanol–water partition coefficient (Wildman–Crippen LogP) is 4.62. The van der Waals surface area contributed by atoms with Crippen LogP contribution in [-0.4, -0.2) is 15.9 Å². The molecule has 0 aliphatic heterocycles. The normalized spacial score (nSPS) is 10.5. The molecule has 4 rings (SSSR count). The van der Waals surface area contributed by atoms with E-state index in [1.807, 2.05) is 25.1 Å². The third-order valence-electron chi connectivity index (χ3n) is 4.36. The summed E-state index contributed by atoms with van der Waals surface area (Å²) in [6.07, 6.45) is 5.04. The van der Waals surface area contributed by atoms with Crippen molar-refractivity contribution in [2.75, 3.05) is 16.4 Å². The summed E-state index contributed by atoms with van der Waals surface area (Å²) < 4.78 is 5.76. The average Bonchev–Trinajstić information content (AvgIpc) is 3.20. The maximum Gasteiger partial charge on any atom is 0.299 e. The van der Waals surface area contributed by atoms with Gasteiger partial charge in [0.15, 0.2) is 5.76 Å². The van der Waals surface area contributed by atoms with Crippen molar-refractivity contribution in [2.24, 2.45) is 0 Å². The van der Waals surface area contributed by atoms with E-state index in [9.17, 15) is 4.79 Å². The van der Waals surface area contributed by atoms with Gasteiger partial charge in [0, 0.05) is 40.6 Å². The number of pyridine rings is 1. The van der Waals surface area contributed by atoms with Crippen LogP contribution in [0.25, 0.3) is 11.3 Å². The number of nitrogens with one attached hydrogen (secondary N) is 2. The summed E-state index contributed by atoms with van der Waals surface area (Å²) in [6.45, 7) is 1.94. The Kier molecular flexibility index (Phi) is 4.94. The van der Waals surface area contributed by atoms with Crippen LogP contribution in [0.4, 0.5) is 23.1 Å². The Bertz CT molecular complexity index is 1140. The predicted molar refractivity (Wildman–Crippen MR) is 113 cm³/mol. The van der Waals surface area contributed by atoms with Crippen LogP contribution in [0.5, 0.6) is 0 Å². The molecule has 0 bridgehead atoms. The molecule has 2 aromatic carbocycles. The van der Waals surface area contributed by atoms with Crippen molar-refractivity contribution in [3.63, 3.8) is 0 Å². The van der Waals surface area contributed by atoms with Gasteiger partial charge in [-0.2, -0.15) is 0 Å². The molecular formula is C22H19N5O2. The summed E-state index contributed by atoms with van der Waals surface area (Å²) >= 11 is 0. The number of oxazole rings is 1. The average molecular weight is 385 g/mol. The molecular weight excluding hydrogens is 366 g/mol. The minimum atomic E-state index is -0.221. The van der Waals surface area contributed by atoms with Gasteiger partial charge in [-0.3, -0.25) is 9.78 Å². The second kappa shape index (κ2) is 7.85. The fourth-order valence-electron chi connectivity index (χ4n) is 2.76. The Morgan fingerprint density at radius 1 is 1.07 bits per heavy atom. The number of anilines is 4. The van der Waals surface area contributed by atoms with E-state index in [1.165, 1.54) is 0 Å². The van der Waals surface area contributed by atoms with Crippen LogP contribution in [0.15, 0.2) is 77.6 Å². The van der Waals surface area contributed by atoms with Crippen LogP contribution in [0, 0.1) is 6.92 Å². The highest BCUT2D eigenvalue weighted by Crippen LogP contribution is 2.26. The second-order valence-electron chi connectivity index (χ2n) is 6.50. The molecule has 7 heteroatoms. The summed E-state index contributed by atoms with van der Waals surface area (Å²) in [4.78, 5) is 20.9. The molecule has 2 heterocycles. The van der Waals surface area contributed by atoms with Crippen LogP contribution < -0.4 is 16.4 Å².